The van der Waals surface area contributed by atoms with Gasteiger partial charge in [-0.2, -0.15) is 0 Å². The van der Waals surface area contributed by atoms with Gasteiger partial charge >= 0.3 is 5.97 Å². The molecule has 2 unspecified atom stereocenters. The number of hydrogen-bond donors (Lipinski definition) is 1. The minimum Gasteiger partial charge on any atom is -0.479 e. The van der Waals surface area contributed by atoms with Crippen LogP contribution in [0.15, 0.2) is 0 Å². The molecule has 0 aromatic carbocycles. The summed E-state index contributed by atoms with van der Waals surface area (Å²) < 4.78 is 0. The molecule has 1 amide bonds. The summed E-state index contributed by atoms with van der Waals surface area (Å²) in [5.74, 6) is -0.912. The molecule has 0 radical (unpaired) electrons. The van der Waals surface area contributed by atoms with E-state index in [1.54, 1.807) is 0 Å². The topological polar surface area (TPSA) is 60.9 Å². The second kappa shape index (κ2) is 4.41. The Morgan fingerprint density at radius 2 is 2.19 bits per heavy atom. The molecule has 0 aliphatic carbocycles. The molecule has 0 bridgehead atoms. The third kappa shape index (κ3) is 1.91. The Morgan fingerprint density at radius 1 is 1.62 bits per heavy atom. The first kappa shape index (κ1) is 13.0. The number of amides is 1. The number of aliphatic carboxylic acids is 1. The number of carboxylic acids is 1. The zero-order chi connectivity index (χ0) is 12.5. The number of likely N-dealkylation sites (tertiary alicyclic amines) is 1. The van der Waals surface area contributed by atoms with Crippen molar-refractivity contribution in [2.75, 3.05) is 13.6 Å². The molecule has 1 fully saturated rings. The Hall–Kier alpha value is -1.10. The number of carboxylic acid groups (broad SMARTS) is 1. The van der Waals surface area contributed by atoms with Crippen LogP contribution in [-0.2, 0) is 9.59 Å². The zero-order valence-corrected chi connectivity index (χ0v) is 10.3. The van der Waals surface area contributed by atoms with E-state index in [9.17, 15) is 14.7 Å². The van der Waals surface area contributed by atoms with E-state index in [4.69, 9.17) is 0 Å². The van der Waals surface area contributed by atoms with Crippen molar-refractivity contribution in [1.29, 1.82) is 0 Å². The molecule has 1 aliphatic rings. The molecule has 0 saturated carbocycles. The van der Waals surface area contributed by atoms with Crippen molar-refractivity contribution in [3.8, 4) is 0 Å². The Morgan fingerprint density at radius 3 is 2.44 bits per heavy atom. The van der Waals surface area contributed by atoms with Gasteiger partial charge in [-0.25, -0.2) is 4.79 Å². The molecule has 1 rings (SSSR count). The summed E-state index contributed by atoms with van der Waals surface area (Å²) in [6, 6.07) is 0.0737. The zero-order valence-electron chi connectivity index (χ0n) is 10.3. The highest BCUT2D eigenvalue weighted by atomic mass is 16.4. The Labute approximate surface area is 96.0 Å². The van der Waals surface area contributed by atoms with E-state index >= 15 is 0 Å². The van der Waals surface area contributed by atoms with Crippen LogP contribution < -0.4 is 0 Å². The van der Waals surface area contributed by atoms with Gasteiger partial charge in [-0.15, -0.1) is 0 Å². The highest BCUT2D eigenvalue weighted by Gasteiger charge is 2.51. The van der Waals surface area contributed by atoms with Crippen LogP contribution in [0.2, 0.25) is 0 Å². The minimum absolute atomic E-state index is 0.104. The fraction of sp³-hybridized carbons (Fsp3) is 0.818. The summed E-state index contributed by atoms with van der Waals surface area (Å²) in [6.45, 7) is 6.04. The van der Waals surface area contributed by atoms with E-state index in [1.165, 1.54) is 4.90 Å². The first-order valence-electron chi connectivity index (χ1n) is 5.52. The molecule has 2 atom stereocenters. The fourth-order valence-corrected chi connectivity index (χ4v) is 2.45. The highest BCUT2D eigenvalue weighted by Crippen LogP contribution is 2.32. The lowest BCUT2D eigenvalue weighted by atomic mass is 9.93. The van der Waals surface area contributed by atoms with Crippen LogP contribution in [0.3, 0.4) is 0 Å². The van der Waals surface area contributed by atoms with Crippen LogP contribution in [-0.4, -0.2) is 58.5 Å². The Bertz CT molecular complexity index is 281. The summed E-state index contributed by atoms with van der Waals surface area (Å²) in [6.07, 6.45) is 1.14. The first-order valence-corrected chi connectivity index (χ1v) is 5.52. The molecule has 0 spiro atoms. The molecule has 1 saturated heterocycles. The quantitative estimate of drug-likeness (QED) is 0.708. The van der Waals surface area contributed by atoms with E-state index in [0.717, 1.165) is 0 Å². The van der Waals surface area contributed by atoms with Gasteiger partial charge in [0.25, 0.3) is 0 Å². The minimum atomic E-state index is -1.07. The second-order valence-electron chi connectivity index (χ2n) is 4.91. The lowest BCUT2D eigenvalue weighted by Crippen LogP contribution is -2.58. The van der Waals surface area contributed by atoms with Crippen LogP contribution in [0.1, 0.15) is 27.2 Å². The highest BCUT2D eigenvalue weighted by molar-refractivity contribution is 5.82. The number of hydrogen-bond acceptors (Lipinski definition) is 3. The Kier molecular flexibility index (Phi) is 3.57. The predicted octanol–water partition coefficient (Wildman–Crippen LogP) is 0.401. The van der Waals surface area contributed by atoms with Crippen molar-refractivity contribution < 1.29 is 14.7 Å². The number of likely N-dealkylation sites (N-methyl/N-ethyl adjacent to an activating group) is 1. The van der Waals surface area contributed by atoms with E-state index < -0.39 is 11.5 Å². The standard InChI is InChI=1S/C11H20N2O3/c1-8(2)13(7-14)11(10(15)16)5-9(3)12(4)6-11/h7-9H,5-6H2,1-4H3,(H,15,16). The van der Waals surface area contributed by atoms with Crippen molar-refractivity contribution in [3.05, 3.63) is 0 Å². The predicted molar refractivity (Wildman–Crippen MR) is 60.1 cm³/mol. The van der Waals surface area contributed by atoms with Crippen molar-refractivity contribution >= 4 is 12.4 Å². The van der Waals surface area contributed by atoms with Gasteiger partial charge in [0.2, 0.25) is 6.41 Å². The van der Waals surface area contributed by atoms with Gasteiger partial charge in [-0.1, -0.05) is 0 Å². The van der Waals surface area contributed by atoms with Gasteiger partial charge in [0.1, 0.15) is 0 Å². The molecule has 92 valence electrons. The summed E-state index contributed by atoms with van der Waals surface area (Å²) in [7, 11) is 1.89. The Balaban J connectivity index is 3.08. The third-order valence-corrected chi connectivity index (χ3v) is 3.46. The average molecular weight is 228 g/mol. The van der Waals surface area contributed by atoms with Crippen molar-refractivity contribution in [2.45, 2.75) is 44.8 Å². The molecule has 5 nitrogen and oxygen atoms in total. The number of carbonyl (C=O) groups is 2. The summed E-state index contributed by atoms with van der Waals surface area (Å²) in [5.41, 5.74) is -1.07. The average Bonchev–Trinajstić information content (AvgIpc) is 2.44. The van der Waals surface area contributed by atoms with Gasteiger partial charge in [0.05, 0.1) is 0 Å². The number of carbonyl (C=O) groups excluding carboxylic acids is 1. The fourth-order valence-electron chi connectivity index (χ4n) is 2.45. The van der Waals surface area contributed by atoms with Gasteiger partial charge in [-0.3, -0.25) is 4.79 Å². The van der Waals surface area contributed by atoms with Crippen LogP contribution in [0, 0.1) is 0 Å². The molecule has 16 heavy (non-hydrogen) atoms. The first-order chi connectivity index (χ1) is 7.35. The third-order valence-electron chi connectivity index (χ3n) is 3.46. The molecule has 1 heterocycles. The molecule has 5 heteroatoms. The van der Waals surface area contributed by atoms with Crippen molar-refractivity contribution in [2.24, 2.45) is 0 Å². The van der Waals surface area contributed by atoms with Crippen molar-refractivity contribution in [1.82, 2.24) is 9.80 Å². The van der Waals surface area contributed by atoms with E-state index in [0.29, 0.717) is 19.4 Å². The maximum absolute atomic E-state index is 11.5. The molecular formula is C11H20N2O3. The molecule has 1 N–H and O–H groups in total. The largest absolute Gasteiger partial charge is 0.479 e. The van der Waals surface area contributed by atoms with Gasteiger partial charge in [-0.05, 0) is 34.2 Å². The summed E-state index contributed by atoms with van der Waals surface area (Å²) in [5, 5.41) is 9.42. The van der Waals surface area contributed by atoms with Crippen LogP contribution in [0.25, 0.3) is 0 Å². The molecule has 1 aliphatic heterocycles. The lowest BCUT2D eigenvalue weighted by Gasteiger charge is -2.37. The monoisotopic (exact) mass is 228 g/mol. The normalized spacial score (nSPS) is 30.7. The second-order valence-corrected chi connectivity index (χ2v) is 4.91. The maximum Gasteiger partial charge on any atom is 0.331 e. The van der Waals surface area contributed by atoms with Crippen LogP contribution in [0.5, 0.6) is 0 Å². The van der Waals surface area contributed by atoms with Crippen molar-refractivity contribution in [3.63, 3.8) is 0 Å². The van der Waals surface area contributed by atoms with E-state index in [1.807, 2.05) is 32.7 Å². The number of rotatable bonds is 4. The molecule has 0 aromatic heterocycles. The molecule has 0 aromatic rings. The van der Waals surface area contributed by atoms with E-state index in [-0.39, 0.29) is 12.1 Å². The number of nitrogens with zero attached hydrogens (tertiary/aromatic N) is 2. The van der Waals surface area contributed by atoms with Crippen LogP contribution in [0.4, 0.5) is 0 Å². The SMILES string of the molecule is CC1CC(C(=O)O)(N(C=O)C(C)C)CN1C. The van der Waals surface area contributed by atoms with Gasteiger partial charge in [0, 0.05) is 18.6 Å². The maximum atomic E-state index is 11.5. The van der Waals surface area contributed by atoms with Gasteiger partial charge < -0.3 is 14.9 Å². The summed E-state index contributed by atoms with van der Waals surface area (Å²) in [4.78, 5) is 26.0. The van der Waals surface area contributed by atoms with Crippen LogP contribution >= 0.6 is 0 Å². The van der Waals surface area contributed by atoms with E-state index in [2.05, 4.69) is 0 Å². The lowest BCUT2D eigenvalue weighted by molar-refractivity contribution is -0.156. The van der Waals surface area contributed by atoms with Gasteiger partial charge in [0.15, 0.2) is 5.54 Å². The molecular weight excluding hydrogens is 208 g/mol. The smallest absolute Gasteiger partial charge is 0.331 e. The summed E-state index contributed by atoms with van der Waals surface area (Å²) >= 11 is 0.